The summed E-state index contributed by atoms with van der Waals surface area (Å²) in [6, 6.07) is 0. The summed E-state index contributed by atoms with van der Waals surface area (Å²) in [6.07, 6.45) is 2.48. The predicted octanol–water partition coefficient (Wildman–Crippen LogP) is 1.19. The van der Waals surface area contributed by atoms with Crippen LogP contribution in [0.25, 0.3) is 0 Å². The topological polar surface area (TPSA) is 20.2 Å². The second-order valence-electron chi connectivity index (χ2n) is 2.29. The fourth-order valence-electron chi connectivity index (χ4n) is 0.511. The average Bonchev–Trinajstić information content (AvgIpc) is 2.46. The van der Waals surface area contributed by atoms with E-state index in [2.05, 4.69) is 22.6 Å². The van der Waals surface area contributed by atoms with Crippen molar-refractivity contribution in [3.8, 4) is 0 Å². The molecule has 0 aromatic heterocycles. The van der Waals surface area contributed by atoms with Crippen molar-refractivity contribution in [1.29, 1.82) is 0 Å². The van der Waals surface area contributed by atoms with Gasteiger partial charge in [-0.1, -0.05) is 22.6 Å². The van der Waals surface area contributed by atoms with Gasteiger partial charge in [-0.25, -0.2) is 0 Å². The molecule has 1 saturated carbocycles. The van der Waals surface area contributed by atoms with Crippen LogP contribution in [0.2, 0.25) is 0 Å². The van der Waals surface area contributed by atoms with Crippen LogP contribution < -0.4 is 0 Å². The summed E-state index contributed by atoms with van der Waals surface area (Å²) in [5.41, 5.74) is 0.376. The monoisotopic (exact) mass is 212 g/mol. The highest BCUT2D eigenvalue weighted by Crippen LogP contribution is 2.46. The zero-order valence-electron chi connectivity index (χ0n) is 4.15. The van der Waals surface area contributed by atoms with Crippen molar-refractivity contribution >= 4 is 22.6 Å². The number of hydrogen-bond acceptors (Lipinski definition) is 1. The zero-order valence-corrected chi connectivity index (χ0v) is 6.31. The van der Waals surface area contributed by atoms with E-state index in [0.29, 0.717) is 12.0 Å². The number of halogens is 1. The molecule has 0 heterocycles. The first-order valence-corrected chi connectivity index (χ1v) is 4.02. The minimum Gasteiger partial charge on any atom is -0.396 e. The maximum atomic E-state index is 8.65. The first kappa shape index (κ1) is 5.82. The third-order valence-electron chi connectivity index (χ3n) is 1.58. The fraction of sp³-hybridized carbons (Fsp3) is 1.00. The summed E-state index contributed by atoms with van der Waals surface area (Å²) in [5, 5.41) is 8.65. The molecule has 0 radical (unpaired) electrons. The van der Waals surface area contributed by atoms with Gasteiger partial charge in [-0.2, -0.15) is 0 Å². The van der Waals surface area contributed by atoms with Crippen molar-refractivity contribution in [2.75, 3.05) is 11.0 Å². The van der Waals surface area contributed by atoms with E-state index in [1.807, 2.05) is 0 Å². The molecule has 0 amide bonds. The molecule has 0 aromatic carbocycles. The summed E-state index contributed by atoms with van der Waals surface area (Å²) < 4.78 is 1.13. The van der Waals surface area contributed by atoms with Crippen LogP contribution in [0.1, 0.15) is 12.8 Å². The van der Waals surface area contributed by atoms with E-state index in [0.717, 1.165) is 4.43 Å². The minimum atomic E-state index is 0.376. The molecule has 0 aliphatic heterocycles. The number of rotatable bonds is 2. The summed E-state index contributed by atoms with van der Waals surface area (Å²) in [5.74, 6) is 0. The number of alkyl halides is 1. The third-order valence-corrected chi connectivity index (χ3v) is 3.19. The summed E-state index contributed by atoms with van der Waals surface area (Å²) in [7, 11) is 0. The van der Waals surface area contributed by atoms with Crippen molar-refractivity contribution in [3.63, 3.8) is 0 Å². The number of hydrogen-bond donors (Lipinski definition) is 1. The molecule has 0 unspecified atom stereocenters. The Morgan fingerprint density at radius 1 is 1.57 bits per heavy atom. The van der Waals surface area contributed by atoms with E-state index in [1.54, 1.807) is 0 Å². The van der Waals surface area contributed by atoms with Gasteiger partial charge in [0.25, 0.3) is 0 Å². The highest BCUT2D eigenvalue weighted by atomic mass is 127. The van der Waals surface area contributed by atoms with Crippen LogP contribution in [0.15, 0.2) is 0 Å². The number of aliphatic hydroxyl groups is 1. The van der Waals surface area contributed by atoms with Crippen molar-refractivity contribution in [1.82, 2.24) is 0 Å². The zero-order chi connectivity index (χ0) is 5.33. The van der Waals surface area contributed by atoms with Crippen molar-refractivity contribution in [2.24, 2.45) is 5.41 Å². The fourth-order valence-corrected chi connectivity index (χ4v) is 1.51. The van der Waals surface area contributed by atoms with Gasteiger partial charge in [-0.05, 0) is 12.8 Å². The summed E-state index contributed by atoms with van der Waals surface area (Å²) in [6.45, 7) is 0.399. The average molecular weight is 212 g/mol. The van der Waals surface area contributed by atoms with Gasteiger partial charge in [-0.3, -0.25) is 0 Å². The summed E-state index contributed by atoms with van der Waals surface area (Å²) in [4.78, 5) is 0. The van der Waals surface area contributed by atoms with Crippen LogP contribution in [0, 0.1) is 5.41 Å². The maximum absolute atomic E-state index is 8.65. The Morgan fingerprint density at radius 3 is 2.14 bits per heavy atom. The van der Waals surface area contributed by atoms with Gasteiger partial charge in [0.15, 0.2) is 0 Å². The Hall–Kier alpha value is 0.690. The highest BCUT2D eigenvalue weighted by molar-refractivity contribution is 14.1. The van der Waals surface area contributed by atoms with Crippen molar-refractivity contribution in [2.45, 2.75) is 12.8 Å². The van der Waals surface area contributed by atoms with Gasteiger partial charge in [0.05, 0.1) is 0 Å². The lowest BCUT2D eigenvalue weighted by Gasteiger charge is -2.02. The van der Waals surface area contributed by atoms with E-state index in [-0.39, 0.29) is 0 Å². The molecule has 1 aliphatic carbocycles. The van der Waals surface area contributed by atoms with Gasteiger partial charge in [0, 0.05) is 16.4 Å². The Bertz CT molecular complexity index is 62.5. The van der Waals surface area contributed by atoms with Crippen LogP contribution in [0.3, 0.4) is 0 Å². The third kappa shape index (κ3) is 1.08. The molecule has 1 rings (SSSR count). The van der Waals surface area contributed by atoms with Gasteiger partial charge in [0.1, 0.15) is 0 Å². The van der Waals surface area contributed by atoms with Crippen LogP contribution >= 0.6 is 22.6 Å². The van der Waals surface area contributed by atoms with E-state index < -0.39 is 0 Å². The van der Waals surface area contributed by atoms with Crippen molar-refractivity contribution < 1.29 is 5.11 Å². The molecule has 1 nitrogen and oxygen atoms in total. The summed E-state index contributed by atoms with van der Waals surface area (Å²) >= 11 is 2.33. The van der Waals surface area contributed by atoms with E-state index in [1.165, 1.54) is 12.8 Å². The molecule has 1 N–H and O–H groups in total. The molecule has 7 heavy (non-hydrogen) atoms. The Labute approximate surface area is 57.2 Å². The van der Waals surface area contributed by atoms with Gasteiger partial charge in [-0.15, -0.1) is 0 Å². The molecular formula is C5H9IO. The first-order chi connectivity index (χ1) is 3.33. The molecule has 0 aromatic rings. The standard InChI is InChI=1S/C5H9IO/c6-3-5(4-7)1-2-5/h7H,1-4H2. The van der Waals surface area contributed by atoms with Crippen LogP contribution in [0.4, 0.5) is 0 Å². The Balaban J connectivity index is 2.28. The first-order valence-electron chi connectivity index (χ1n) is 2.50. The largest absolute Gasteiger partial charge is 0.396 e. The van der Waals surface area contributed by atoms with E-state index in [4.69, 9.17) is 5.11 Å². The molecule has 1 aliphatic rings. The second-order valence-corrected chi connectivity index (χ2v) is 3.05. The normalized spacial score (nSPS) is 24.9. The van der Waals surface area contributed by atoms with E-state index in [9.17, 15) is 0 Å². The lowest BCUT2D eigenvalue weighted by molar-refractivity contribution is 0.229. The molecule has 0 saturated heterocycles. The Morgan fingerprint density at radius 2 is 2.14 bits per heavy atom. The van der Waals surface area contributed by atoms with Crippen LogP contribution in [-0.4, -0.2) is 16.1 Å². The quantitative estimate of drug-likeness (QED) is 0.538. The van der Waals surface area contributed by atoms with Gasteiger partial charge in [0.2, 0.25) is 0 Å². The predicted molar refractivity (Wildman–Crippen MR) is 37.6 cm³/mol. The molecule has 1 fully saturated rings. The van der Waals surface area contributed by atoms with Crippen LogP contribution in [-0.2, 0) is 0 Å². The molecule has 0 bridgehead atoms. The second kappa shape index (κ2) is 1.90. The molecule has 0 spiro atoms. The molecule has 42 valence electrons. The molecule has 0 atom stereocenters. The Kier molecular flexibility index (Phi) is 1.58. The minimum absolute atomic E-state index is 0.376. The van der Waals surface area contributed by atoms with Crippen LogP contribution in [0.5, 0.6) is 0 Å². The lowest BCUT2D eigenvalue weighted by atomic mass is 10.2. The highest BCUT2D eigenvalue weighted by Gasteiger charge is 2.40. The van der Waals surface area contributed by atoms with Crippen molar-refractivity contribution in [3.05, 3.63) is 0 Å². The number of aliphatic hydroxyl groups excluding tert-OH is 1. The maximum Gasteiger partial charge on any atom is 0.0494 e. The van der Waals surface area contributed by atoms with E-state index >= 15 is 0 Å². The van der Waals surface area contributed by atoms with Gasteiger partial charge >= 0.3 is 0 Å². The molecule has 2 heteroatoms. The SMILES string of the molecule is OCC1(CI)CC1. The molecular weight excluding hydrogens is 203 g/mol. The van der Waals surface area contributed by atoms with Gasteiger partial charge < -0.3 is 5.11 Å². The lowest BCUT2D eigenvalue weighted by Crippen LogP contribution is -2.06. The smallest absolute Gasteiger partial charge is 0.0494 e.